The van der Waals surface area contributed by atoms with Crippen molar-refractivity contribution >= 4 is 11.9 Å². The first-order chi connectivity index (χ1) is 14.5. The van der Waals surface area contributed by atoms with Gasteiger partial charge in [0, 0.05) is 29.1 Å². The molecule has 2 N–H and O–H groups in total. The minimum absolute atomic E-state index is 0.0763. The van der Waals surface area contributed by atoms with Gasteiger partial charge < -0.3 is 19.9 Å². The number of methoxy groups -OCH3 is 1. The van der Waals surface area contributed by atoms with Crippen LogP contribution in [0.4, 0.5) is 0 Å². The molecular weight excluding hydrogens is 396 g/mol. The topological polar surface area (TPSA) is 97.8 Å². The number of aromatic nitrogens is 1. The second kappa shape index (κ2) is 8.57. The molecule has 0 atom stereocenters. The third-order valence-electron chi connectivity index (χ3n) is 5.86. The van der Waals surface area contributed by atoms with Gasteiger partial charge in [0.1, 0.15) is 6.10 Å². The summed E-state index contributed by atoms with van der Waals surface area (Å²) in [6.07, 6.45) is 2.31. The van der Waals surface area contributed by atoms with Crippen LogP contribution in [0.2, 0.25) is 0 Å². The quantitative estimate of drug-likeness (QED) is 0.702. The van der Waals surface area contributed by atoms with E-state index >= 15 is 0 Å². The molecule has 1 aromatic heterocycles. The van der Waals surface area contributed by atoms with Crippen LogP contribution in [-0.4, -0.2) is 41.2 Å². The molecule has 166 valence electrons. The zero-order valence-electron chi connectivity index (χ0n) is 18.6. The van der Waals surface area contributed by atoms with Crippen molar-refractivity contribution < 1.29 is 24.2 Å². The highest BCUT2D eigenvalue weighted by Crippen LogP contribution is 2.48. The van der Waals surface area contributed by atoms with E-state index in [-0.39, 0.29) is 46.1 Å². The molecule has 7 heteroatoms. The average molecular weight is 427 g/mol. The SMILES string of the molecule is COc1ccnc(C(=O)NC2CC(C)(C)C(OC(=O)c3ccccc3)C(C)(C)C2)c1O. The Morgan fingerprint density at radius 2 is 1.68 bits per heavy atom. The lowest BCUT2D eigenvalue weighted by molar-refractivity contribution is -0.0971. The number of nitrogens with one attached hydrogen (secondary N) is 1. The van der Waals surface area contributed by atoms with Gasteiger partial charge in [0.15, 0.2) is 17.2 Å². The summed E-state index contributed by atoms with van der Waals surface area (Å²) in [6.45, 7) is 8.16. The number of aromatic hydroxyl groups is 1. The highest BCUT2D eigenvalue weighted by atomic mass is 16.5. The number of benzene rings is 1. The third-order valence-corrected chi connectivity index (χ3v) is 5.86. The van der Waals surface area contributed by atoms with E-state index < -0.39 is 5.91 Å². The van der Waals surface area contributed by atoms with Gasteiger partial charge >= 0.3 is 5.97 Å². The smallest absolute Gasteiger partial charge is 0.338 e. The summed E-state index contributed by atoms with van der Waals surface area (Å²) in [4.78, 5) is 29.5. The molecule has 1 amide bonds. The van der Waals surface area contributed by atoms with Crippen molar-refractivity contribution in [1.29, 1.82) is 0 Å². The number of carbonyl (C=O) groups is 2. The lowest BCUT2D eigenvalue weighted by atomic mass is 9.61. The molecule has 0 unspecified atom stereocenters. The predicted octanol–water partition coefficient (Wildman–Crippen LogP) is 3.97. The fourth-order valence-electron chi connectivity index (χ4n) is 4.81. The van der Waals surface area contributed by atoms with E-state index in [2.05, 4.69) is 10.3 Å². The number of amides is 1. The van der Waals surface area contributed by atoms with Gasteiger partial charge in [-0.05, 0) is 25.0 Å². The van der Waals surface area contributed by atoms with Crippen molar-refractivity contribution in [3.05, 3.63) is 53.9 Å². The van der Waals surface area contributed by atoms with Crippen LogP contribution in [0.25, 0.3) is 0 Å². The molecule has 0 bridgehead atoms. The molecule has 0 aliphatic heterocycles. The van der Waals surface area contributed by atoms with E-state index in [0.29, 0.717) is 18.4 Å². The Bertz CT molecular complexity index is 938. The standard InChI is InChI=1S/C24H30N2O5/c1-23(2)13-16(26-20(28)18-19(27)17(30-5)11-12-25-18)14-24(3,4)22(23)31-21(29)15-9-7-6-8-10-15/h6-12,16,22,27H,13-14H2,1-5H3,(H,26,28). The molecule has 1 aromatic carbocycles. The van der Waals surface area contributed by atoms with Crippen LogP contribution < -0.4 is 10.1 Å². The van der Waals surface area contributed by atoms with Gasteiger partial charge in [0.25, 0.3) is 5.91 Å². The van der Waals surface area contributed by atoms with E-state index in [1.54, 1.807) is 24.3 Å². The van der Waals surface area contributed by atoms with Crippen molar-refractivity contribution in [3.63, 3.8) is 0 Å². The fourth-order valence-corrected chi connectivity index (χ4v) is 4.81. The molecule has 0 radical (unpaired) electrons. The summed E-state index contributed by atoms with van der Waals surface area (Å²) >= 11 is 0. The van der Waals surface area contributed by atoms with Gasteiger partial charge in [0.05, 0.1) is 12.7 Å². The summed E-state index contributed by atoms with van der Waals surface area (Å²) in [7, 11) is 1.42. The van der Waals surface area contributed by atoms with Crippen LogP contribution in [0.15, 0.2) is 42.6 Å². The van der Waals surface area contributed by atoms with E-state index in [1.165, 1.54) is 19.4 Å². The van der Waals surface area contributed by atoms with Gasteiger partial charge in [-0.25, -0.2) is 9.78 Å². The number of pyridine rings is 1. The summed E-state index contributed by atoms with van der Waals surface area (Å²) < 4.78 is 11.0. The summed E-state index contributed by atoms with van der Waals surface area (Å²) in [5, 5.41) is 13.2. The van der Waals surface area contributed by atoms with Crippen molar-refractivity contribution in [2.75, 3.05) is 7.11 Å². The highest BCUT2D eigenvalue weighted by Gasteiger charge is 2.50. The molecule has 0 spiro atoms. The third kappa shape index (κ3) is 4.81. The van der Waals surface area contributed by atoms with Gasteiger partial charge in [-0.15, -0.1) is 0 Å². The molecule has 31 heavy (non-hydrogen) atoms. The fraction of sp³-hybridized carbons (Fsp3) is 0.458. The van der Waals surface area contributed by atoms with Crippen LogP contribution in [-0.2, 0) is 4.74 Å². The number of carbonyl (C=O) groups excluding carboxylic acids is 2. The van der Waals surface area contributed by atoms with Crippen molar-refractivity contribution in [2.24, 2.45) is 10.8 Å². The van der Waals surface area contributed by atoms with Gasteiger partial charge in [-0.3, -0.25) is 4.79 Å². The number of hydrogen-bond donors (Lipinski definition) is 2. The normalized spacial score (nSPS) is 21.7. The average Bonchev–Trinajstić information content (AvgIpc) is 2.70. The number of rotatable bonds is 5. The van der Waals surface area contributed by atoms with Crippen LogP contribution in [0.1, 0.15) is 61.4 Å². The summed E-state index contributed by atoms with van der Waals surface area (Å²) in [5.74, 6) is -0.906. The Morgan fingerprint density at radius 1 is 1.06 bits per heavy atom. The number of ether oxygens (including phenoxy) is 2. The molecule has 1 aliphatic rings. The van der Waals surface area contributed by atoms with Crippen molar-refractivity contribution in [1.82, 2.24) is 10.3 Å². The first-order valence-corrected chi connectivity index (χ1v) is 10.3. The summed E-state index contributed by atoms with van der Waals surface area (Å²) in [5.41, 5.74) is -0.321. The molecule has 1 heterocycles. The second-order valence-corrected chi connectivity index (χ2v) is 9.42. The Morgan fingerprint density at radius 3 is 2.26 bits per heavy atom. The Hall–Kier alpha value is -3.09. The molecule has 3 rings (SSSR count). The lowest BCUT2D eigenvalue weighted by Gasteiger charge is -2.51. The van der Waals surface area contributed by atoms with Gasteiger partial charge in [0.2, 0.25) is 0 Å². The Kier molecular flexibility index (Phi) is 6.25. The molecule has 1 fully saturated rings. The molecule has 2 aromatic rings. The number of esters is 1. The van der Waals surface area contributed by atoms with Crippen molar-refractivity contribution in [2.45, 2.75) is 52.7 Å². The minimum Gasteiger partial charge on any atom is -0.503 e. The maximum atomic E-state index is 12.8. The zero-order chi connectivity index (χ0) is 22.8. The molecular formula is C24H30N2O5. The Labute approximate surface area is 182 Å². The lowest BCUT2D eigenvalue weighted by Crippen LogP contribution is -2.55. The Balaban J connectivity index is 1.75. The monoisotopic (exact) mass is 426 g/mol. The van der Waals surface area contributed by atoms with Gasteiger partial charge in [-0.2, -0.15) is 0 Å². The summed E-state index contributed by atoms with van der Waals surface area (Å²) in [6, 6.07) is 10.3. The minimum atomic E-state index is -0.465. The zero-order valence-corrected chi connectivity index (χ0v) is 18.6. The largest absolute Gasteiger partial charge is 0.503 e. The maximum absolute atomic E-state index is 12.8. The first-order valence-electron chi connectivity index (χ1n) is 10.3. The van der Waals surface area contributed by atoms with E-state index in [1.807, 2.05) is 33.8 Å². The highest BCUT2D eigenvalue weighted by molar-refractivity contribution is 5.95. The van der Waals surface area contributed by atoms with Crippen LogP contribution >= 0.6 is 0 Å². The second-order valence-electron chi connectivity index (χ2n) is 9.42. The van der Waals surface area contributed by atoms with Crippen LogP contribution in [0, 0.1) is 10.8 Å². The number of nitrogens with zero attached hydrogens (tertiary/aromatic N) is 1. The van der Waals surface area contributed by atoms with Crippen LogP contribution in [0.3, 0.4) is 0 Å². The first kappa shape index (κ1) is 22.6. The molecule has 1 aliphatic carbocycles. The molecule has 7 nitrogen and oxygen atoms in total. The van der Waals surface area contributed by atoms with Crippen LogP contribution in [0.5, 0.6) is 11.5 Å². The van der Waals surface area contributed by atoms with Gasteiger partial charge in [-0.1, -0.05) is 45.9 Å². The van der Waals surface area contributed by atoms with E-state index in [9.17, 15) is 14.7 Å². The number of hydrogen-bond acceptors (Lipinski definition) is 6. The predicted molar refractivity (Wildman–Crippen MR) is 116 cm³/mol. The van der Waals surface area contributed by atoms with Crippen molar-refractivity contribution in [3.8, 4) is 11.5 Å². The maximum Gasteiger partial charge on any atom is 0.338 e. The molecule has 0 saturated heterocycles. The molecule has 1 saturated carbocycles. The van der Waals surface area contributed by atoms with E-state index in [4.69, 9.17) is 9.47 Å². The van der Waals surface area contributed by atoms with E-state index in [0.717, 1.165) is 0 Å².